The van der Waals surface area contributed by atoms with E-state index in [1.807, 2.05) is 16.1 Å². The number of rotatable bonds is 5. The van der Waals surface area contributed by atoms with Crippen LogP contribution < -0.4 is 10.6 Å². The number of nitrogens with zero attached hydrogens (tertiary/aromatic N) is 2. The number of hydrogen-bond donors (Lipinski definition) is 2. The van der Waals surface area contributed by atoms with Gasteiger partial charge in [0.1, 0.15) is 0 Å². The van der Waals surface area contributed by atoms with E-state index in [0.29, 0.717) is 17.8 Å². The molecule has 0 bridgehead atoms. The Morgan fingerprint density at radius 3 is 3.09 bits per heavy atom. The summed E-state index contributed by atoms with van der Waals surface area (Å²) in [5.74, 6) is -0.0194. The van der Waals surface area contributed by atoms with Crippen molar-refractivity contribution < 1.29 is 9.59 Å². The van der Waals surface area contributed by atoms with Gasteiger partial charge in [0.05, 0.1) is 29.2 Å². The molecule has 0 saturated carbocycles. The molecule has 0 aliphatic carbocycles. The van der Waals surface area contributed by atoms with Gasteiger partial charge in [-0.1, -0.05) is 0 Å². The van der Waals surface area contributed by atoms with Crippen LogP contribution in [0.3, 0.4) is 0 Å². The second kappa shape index (κ2) is 7.06. The standard InChI is InChI=1S/C16H20N4O2S/c1-11(21)15-5-12(10-23-15)6-16(22)18-8-13-7-14-9-17-3-2-4-20(14)19-13/h5,7,10,17H,2-4,6,8-9H2,1H3,(H,18,22). The molecule has 23 heavy (non-hydrogen) atoms. The zero-order valence-corrected chi connectivity index (χ0v) is 13.9. The predicted octanol–water partition coefficient (Wildman–Crippen LogP) is 1.50. The van der Waals surface area contributed by atoms with E-state index in [0.717, 1.165) is 43.0 Å². The van der Waals surface area contributed by atoms with Crippen molar-refractivity contribution in [2.75, 3.05) is 6.54 Å². The van der Waals surface area contributed by atoms with Gasteiger partial charge in [0.25, 0.3) is 0 Å². The van der Waals surface area contributed by atoms with Crippen LogP contribution in [0, 0.1) is 0 Å². The molecule has 0 radical (unpaired) electrons. The van der Waals surface area contributed by atoms with Gasteiger partial charge in [-0.25, -0.2) is 0 Å². The SMILES string of the molecule is CC(=O)c1cc(CC(=O)NCc2cc3n(n2)CCCNC3)cs1. The normalized spacial score (nSPS) is 14.1. The average Bonchev–Trinajstić information content (AvgIpc) is 3.07. The summed E-state index contributed by atoms with van der Waals surface area (Å²) in [7, 11) is 0. The van der Waals surface area contributed by atoms with Gasteiger partial charge in [0, 0.05) is 13.1 Å². The highest BCUT2D eigenvalue weighted by Crippen LogP contribution is 2.15. The summed E-state index contributed by atoms with van der Waals surface area (Å²) in [5.41, 5.74) is 2.92. The second-order valence-corrected chi connectivity index (χ2v) is 6.62. The lowest BCUT2D eigenvalue weighted by Gasteiger charge is -2.02. The van der Waals surface area contributed by atoms with Crippen molar-refractivity contribution >= 4 is 23.0 Å². The van der Waals surface area contributed by atoms with Gasteiger partial charge in [0.15, 0.2) is 5.78 Å². The van der Waals surface area contributed by atoms with Crippen LogP contribution in [0.15, 0.2) is 17.5 Å². The van der Waals surface area contributed by atoms with Gasteiger partial charge in [-0.15, -0.1) is 11.3 Å². The molecule has 0 spiro atoms. The lowest BCUT2D eigenvalue weighted by molar-refractivity contribution is -0.120. The summed E-state index contributed by atoms with van der Waals surface area (Å²) >= 11 is 1.38. The number of carbonyl (C=O) groups excluding carboxylic acids is 2. The largest absolute Gasteiger partial charge is 0.350 e. The number of ketones is 1. The smallest absolute Gasteiger partial charge is 0.224 e. The van der Waals surface area contributed by atoms with Crippen molar-refractivity contribution in [2.45, 2.75) is 39.4 Å². The quantitative estimate of drug-likeness (QED) is 0.814. The van der Waals surface area contributed by atoms with E-state index in [-0.39, 0.29) is 11.7 Å². The number of amides is 1. The number of Topliss-reactive ketones (excluding diaryl/α,β-unsaturated/α-hetero) is 1. The highest BCUT2D eigenvalue weighted by molar-refractivity contribution is 7.12. The fourth-order valence-electron chi connectivity index (χ4n) is 2.60. The van der Waals surface area contributed by atoms with Crippen LogP contribution in [-0.2, 0) is 30.8 Å². The highest BCUT2D eigenvalue weighted by atomic mass is 32.1. The first kappa shape index (κ1) is 15.9. The number of hydrogen-bond acceptors (Lipinski definition) is 5. The van der Waals surface area contributed by atoms with Crippen molar-refractivity contribution in [1.29, 1.82) is 0 Å². The Bertz CT molecular complexity index is 696. The van der Waals surface area contributed by atoms with Gasteiger partial charge in [-0.05, 0) is 43.0 Å². The van der Waals surface area contributed by atoms with Gasteiger partial charge in [0.2, 0.25) is 5.91 Å². The maximum absolute atomic E-state index is 12.0. The summed E-state index contributed by atoms with van der Waals surface area (Å²) in [6.07, 6.45) is 1.36. The zero-order chi connectivity index (χ0) is 16.2. The molecule has 0 fully saturated rings. The molecule has 1 aliphatic heterocycles. The van der Waals surface area contributed by atoms with Crippen LogP contribution >= 0.6 is 11.3 Å². The first-order valence-electron chi connectivity index (χ1n) is 7.73. The molecule has 0 aromatic carbocycles. The lowest BCUT2D eigenvalue weighted by atomic mass is 10.2. The number of aromatic nitrogens is 2. The molecule has 0 saturated heterocycles. The van der Waals surface area contributed by atoms with Crippen molar-refractivity contribution in [3.8, 4) is 0 Å². The number of carbonyl (C=O) groups is 2. The molecule has 122 valence electrons. The summed E-state index contributed by atoms with van der Waals surface area (Å²) in [6.45, 7) is 4.72. The Morgan fingerprint density at radius 2 is 2.30 bits per heavy atom. The van der Waals surface area contributed by atoms with Crippen molar-refractivity contribution in [3.05, 3.63) is 39.3 Å². The van der Waals surface area contributed by atoms with Crippen molar-refractivity contribution in [1.82, 2.24) is 20.4 Å². The molecule has 0 unspecified atom stereocenters. The average molecular weight is 332 g/mol. The van der Waals surface area contributed by atoms with E-state index in [9.17, 15) is 9.59 Å². The van der Waals surface area contributed by atoms with E-state index >= 15 is 0 Å². The Hall–Kier alpha value is -1.99. The minimum absolute atomic E-state index is 0.0368. The van der Waals surface area contributed by atoms with Crippen LogP contribution in [-0.4, -0.2) is 28.0 Å². The molecule has 2 N–H and O–H groups in total. The fourth-order valence-corrected chi connectivity index (χ4v) is 3.41. The third-order valence-corrected chi connectivity index (χ3v) is 4.86. The van der Waals surface area contributed by atoms with Crippen LogP contribution in [0.2, 0.25) is 0 Å². The number of thiophene rings is 1. The van der Waals surface area contributed by atoms with Gasteiger partial charge >= 0.3 is 0 Å². The molecule has 3 heterocycles. The molecule has 2 aromatic heterocycles. The molecule has 3 rings (SSSR count). The number of nitrogens with one attached hydrogen (secondary N) is 2. The van der Waals surface area contributed by atoms with Crippen LogP contribution in [0.4, 0.5) is 0 Å². The molecular weight excluding hydrogens is 312 g/mol. The third kappa shape index (κ3) is 4.05. The minimum atomic E-state index is -0.0563. The molecule has 7 heteroatoms. The maximum Gasteiger partial charge on any atom is 0.224 e. The number of fused-ring (bicyclic) bond motifs is 1. The summed E-state index contributed by atoms with van der Waals surface area (Å²) in [5, 5.41) is 12.6. The van der Waals surface area contributed by atoms with Gasteiger partial charge in [-0.2, -0.15) is 5.10 Å². The minimum Gasteiger partial charge on any atom is -0.350 e. The number of aryl methyl sites for hydroxylation is 1. The maximum atomic E-state index is 12.0. The summed E-state index contributed by atoms with van der Waals surface area (Å²) in [6, 6.07) is 3.83. The van der Waals surface area contributed by atoms with E-state index in [1.165, 1.54) is 18.3 Å². The van der Waals surface area contributed by atoms with Crippen molar-refractivity contribution in [2.24, 2.45) is 0 Å². The van der Waals surface area contributed by atoms with Gasteiger partial charge in [-0.3, -0.25) is 14.3 Å². The topological polar surface area (TPSA) is 76.0 Å². The predicted molar refractivity (Wildman–Crippen MR) is 88.4 cm³/mol. The molecule has 2 aromatic rings. The van der Waals surface area contributed by atoms with Crippen LogP contribution in [0.25, 0.3) is 0 Å². The lowest BCUT2D eigenvalue weighted by Crippen LogP contribution is -2.24. The molecular formula is C16H20N4O2S. The van der Waals surface area contributed by atoms with Crippen LogP contribution in [0.5, 0.6) is 0 Å². The van der Waals surface area contributed by atoms with E-state index in [1.54, 1.807) is 6.07 Å². The molecule has 6 nitrogen and oxygen atoms in total. The fraction of sp³-hybridized carbons (Fsp3) is 0.438. The zero-order valence-electron chi connectivity index (χ0n) is 13.1. The first-order valence-corrected chi connectivity index (χ1v) is 8.61. The van der Waals surface area contributed by atoms with Gasteiger partial charge < -0.3 is 10.6 Å². The Morgan fingerprint density at radius 1 is 1.43 bits per heavy atom. The van der Waals surface area contributed by atoms with Crippen molar-refractivity contribution in [3.63, 3.8) is 0 Å². The molecule has 1 aliphatic rings. The highest BCUT2D eigenvalue weighted by Gasteiger charge is 2.12. The Kier molecular flexibility index (Phi) is 4.88. The summed E-state index contributed by atoms with van der Waals surface area (Å²) in [4.78, 5) is 24.0. The molecule has 0 atom stereocenters. The first-order chi connectivity index (χ1) is 11.1. The Balaban J connectivity index is 1.53. The van der Waals surface area contributed by atoms with E-state index in [4.69, 9.17) is 0 Å². The molecule has 1 amide bonds. The van der Waals surface area contributed by atoms with Crippen LogP contribution in [0.1, 0.15) is 40.0 Å². The van der Waals surface area contributed by atoms with E-state index < -0.39 is 0 Å². The Labute approximate surface area is 138 Å². The third-order valence-electron chi connectivity index (χ3n) is 3.78. The second-order valence-electron chi connectivity index (χ2n) is 5.71. The summed E-state index contributed by atoms with van der Waals surface area (Å²) < 4.78 is 2.01. The monoisotopic (exact) mass is 332 g/mol. The van der Waals surface area contributed by atoms with E-state index in [2.05, 4.69) is 15.7 Å².